The summed E-state index contributed by atoms with van der Waals surface area (Å²) in [5.74, 6) is -0.887. The van der Waals surface area contributed by atoms with Crippen LogP contribution in [-0.2, 0) is 6.42 Å². The van der Waals surface area contributed by atoms with Gasteiger partial charge in [0, 0.05) is 11.7 Å². The fraction of sp³-hybridized carbons (Fsp3) is 0.278. The van der Waals surface area contributed by atoms with Crippen molar-refractivity contribution in [3.05, 3.63) is 65.2 Å². The van der Waals surface area contributed by atoms with Crippen LogP contribution < -0.4 is 5.32 Å². The summed E-state index contributed by atoms with van der Waals surface area (Å²) in [7, 11) is 0. The van der Waals surface area contributed by atoms with Crippen molar-refractivity contribution in [2.24, 2.45) is 0 Å². The monoisotopic (exact) mass is 283 g/mol. The van der Waals surface area contributed by atoms with Gasteiger partial charge in [-0.25, -0.2) is 4.79 Å². The number of anilines is 1. The van der Waals surface area contributed by atoms with Crippen LogP contribution in [0.3, 0.4) is 0 Å². The van der Waals surface area contributed by atoms with Crippen LogP contribution in [0.15, 0.2) is 48.5 Å². The molecule has 2 aromatic rings. The third-order valence-corrected chi connectivity index (χ3v) is 3.58. The van der Waals surface area contributed by atoms with Gasteiger partial charge in [0.05, 0.1) is 5.56 Å². The van der Waals surface area contributed by atoms with E-state index in [1.165, 1.54) is 5.56 Å². The molecule has 3 nitrogen and oxygen atoms in total. The number of carboxylic acid groups (broad SMARTS) is 1. The Hall–Kier alpha value is -2.29. The second kappa shape index (κ2) is 6.93. The lowest BCUT2D eigenvalue weighted by atomic mass is 10.0. The first-order chi connectivity index (χ1) is 10.1. The molecule has 0 aromatic heterocycles. The molecule has 0 heterocycles. The van der Waals surface area contributed by atoms with Gasteiger partial charge in [-0.2, -0.15) is 0 Å². The van der Waals surface area contributed by atoms with Crippen LogP contribution in [0.25, 0.3) is 0 Å². The molecule has 0 saturated heterocycles. The van der Waals surface area contributed by atoms with E-state index in [9.17, 15) is 4.79 Å². The predicted molar refractivity (Wildman–Crippen MR) is 86.0 cm³/mol. The number of hydrogen-bond donors (Lipinski definition) is 2. The molecule has 0 bridgehead atoms. The third kappa shape index (κ3) is 4.35. The lowest BCUT2D eigenvalue weighted by Crippen LogP contribution is -2.17. The molecule has 0 aliphatic rings. The van der Waals surface area contributed by atoms with Crippen molar-refractivity contribution in [3.63, 3.8) is 0 Å². The van der Waals surface area contributed by atoms with Crippen molar-refractivity contribution in [3.8, 4) is 0 Å². The van der Waals surface area contributed by atoms with Crippen LogP contribution in [0.2, 0.25) is 0 Å². The maximum absolute atomic E-state index is 10.9. The molecule has 0 fully saturated rings. The Balaban J connectivity index is 1.93. The highest BCUT2D eigenvalue weighted by molar-refractivity contribution is 5.88. The van der Waals surface area contributed by atoms with Crippen LogP contribution in [0.5, 0.6) is 0 Å². The normalized spacial score (nSPS) is 11.9. The van der Waals surface area contributed by atoms with E-state index in [0.29, 0.717) is 11.6 Å². The first kappa shape index (κ1) is 15.1. The predicted octanol–water partition coefficient (Wildman–Crippen LogP) is 4.13. The standard InChI is InChI=1S/C18H21NO2/c1-13-12-16(18(20)21)10-11-17(13)19-14(2)8-9-15-6-4-3-5-7-15/h3-7,10-12,14,19H,8-9H2,1-2H3,(H,20,21). The lowest BCUT2D eigenvalue weighted by molar-refractivity contribution is 0.0697. The minimum absolute atomic E-state index is 0.329. The third-order valence-electron chi connectivity index (χ3n) is 3.58. The minimum atomic E-state index is -0.887. The summed E-state index contributed by atoms with van der Waals surface area (Å²) in [6.07, 6.45) is 2.06. The van der Waals surface area contributed by atoms with E-state index < -0.39 is 5.97 Å². The maximum atomic E-state index is 10.9. The van der Waals surface area contributed by atoms with E-state index in [1.54, 1.807) is 12.1 Å². The van der Waals surface area contributed by atoms with E-state index in [4.69, 9.17) is 5.11 Å². The summed E-state index contributed by atoms with van der Waals surface area (Å²) >= 11 is 0. The number of aromatic carboxylic acids is 1. The Morgan fingerprint density at radius 3 is 2.52 bits per heavy atom. The Morgan fingerprint density at radius 2 is 1.90 bits per heavy atom. The second-order valence-electron chi connectivity index (χ2n) is 5.40. The molecule has 1 unspecified atom stereocenters. The summed E-state index contributed by atoms with van der Waals surface area (Å²) in [6.45, 7) is 4.08. The lowest BCUT2D eigenvalue weighted by Gasteiger charge is -2.17. The van der Waals surface area contributed by atoms with E-state index in [-0.39, 0.29) is 0 Å². The van der Waals surface area contributed by atoms with Crippen molar-refractivity contribution in [1.29, 1.82) is 0 Å². The van der Waals surface area contributed by atoms with Crippen molar-refractivity contribution in [1.82, 2.24) is 0 Å². The van der Waals surface area contributed by atoms with Gasteiger partial charge in [0.2, 0.25) is 0 Å². The zero-order valence-electron chi connectivity index (χ0n) is 12.5. The van der Waals surface area contributed by atoms with Crippen LogP contribution in [0, 0.1) is 6.92 Å². The van der Waals surface area contributed by atoms with Crippen molar-refractivity contribution in [2.75, 3.05) is 5.32 Å². The first-order valence-corrected chi connectivity index (χ1v) is 7.20. The molecule has 3 heteroatoms. The number of nitrogens with one attached hydrogen (secondary N) is 1. The number of hydrogen-bond acceptors (Lipinski definition) is 2. The molecular formula is C18H21NO2. The molecule has 110 valence electrons. The molecule has 1 atom stereocenters. The highest BCUT2D eigenvalue weighted by atomic mass is 16.4. The van der Waals surface area contributed by atoms with Crippen LogP contribution in [0.4, 0.5) is 5.69 Å². The molecular weight excluding hydrogens is 262 g/mol. The summed E-state index contributed by atoms with van der Waals surface area (Å²) < 4.78 is 0. The SMILES string of the molecule is Cc1cc(C(=O)O)ccc1NC(C)CCc1ccccc1. The van der Waals surface area contributed by atoms with E-state index in [1.807, 2.05) is 19.1 Å². The van der Waals surface area contributed by atoms with Gasteiger partial charge in [0.1, 0.15) is 0 Å². The van der Waals surface area contributed by atoms with Gasteiger partial charge in [-0.1, -0.05) is 30.3 Å². The maximum Gasteiger partial charge on any atom is 0.335 e. The van der Waals surface area contributed by atoms with Crippen LogP contribution in [-0.4, -0.2) is 17.1 Å². The second-order valence-corrected chi connectivity index (χ2v) is 5.40. The quantitative estimate of drug-likeness (QED) is 0.838. The Labute approximate surface area is 125 Å². The van der Waals surface area contributed by atoms with Gasteiger partial charge >= 0.3 is 5.97 Å². The highest BCUT2D eigenvalue weighted by Gasteiger charge is 2.08. The molecule has 0 saturated carbocycles. The molecule has 2 N–H and O–H groups in total. The number of benzene rings is 2. The Morgan fingerprint density at radius 1 is 1.19 bits per heavy atom. The Bertz CT molecular complexity index is 608. The molecule has 21 heavy (non-hydrogen) atoms. The summed E-state index contributed by atoms with van der Waals surface area (Å²) in [5.41, 5.74) is 3.63. The first-order valence-electron chi connectivity index (χ1n) is 7.20. The largest absolute Gasteiger partial charge is 0.478 e. The summed E-state index contributed by atoms with van der Waals surface area (Å²) in [6, 6.07) is 15.9. The van der Waals surface area contributed by atoms with Crippen LogP contribution >= 0.6 is 0 Å². The van der Waals surface area contributed by atoms with Gasteiger partial charge in [-0.3, -0.25) is 0 Å². The number of rotatable bonds is 6. The smallest absolute Gasteiger partial charge is 0.335 e. The summed E-state index contributed by atoms with van der Waals surface area (Å²) in [4.78, 5) is 10.9. The van der Waals surface area contributed by atoms with Crippen molar-refractivity contribution >= 4 is 11.7 Å². The topological polar surface area (TPSA) is 49.3 Å². The van der Waals surface area contributed by atoms with E-state index in [2.05, 4.69) is 36.5 Å². The fourth-order valence-electron chi connectivity index (χ4n) is 2.32. The average molecular weight is 283 g/mol. The van der Waals surface area contributed by atoms with Crippen molar-refractivity contribution < 1.29 is 9.90 Å². The van der Waals surface area contributed by atoms with Gasteiger partial charge in [0.25, 0.3) is 0 Å². The van der Waals surface area contributed by atoms with Gasteiger partial charge in [0.15, 0.2) is 0 Å². The van der Waals surface area contributed by atoms with Crippen LogP contribution in [0.1, 0.15) is 34.8 Å². The van der Waals surface area contributed by atoms with Gasteiger partial charge in [-0.05, 0) is 56.0 Å². The summed E-state index contributed by atoms with van der Waals surface area (Å²) in [5, 5.41) is 12.4. The highest BCUT2D eigenvalue weighted by Crippen LogP contribution is 2.18. The van der Waals surface area contributed by atoms with Gasteiger partial charge < -0.3 is 10.4 Å². The number of aryl methyl sites for hydroxylation is 2. The zero-order valence-corrected chi connectivity index (χ0v) is 12.5. The Kier molecular flexibility index (Phi) is 4.99. The zero-order chi connectivity index (χ0) is 15.2. The molecule has 0 aliphatic heterocycles. The van der Waals surface area contributed by atoms with E-state index in [0.717, 1.165) is 24.1 Å². The molecule has 0 spiro atoms. The number of carbonyl (C=O) groups is 1. The molecule has 2 rings (SSSR count). The number of carboxylic acids is 1. The fourth-order valence-corrected chi connectivity index (χ4v) is 2.32. The van der Waals surface area contributed by atoms with E-state index >= 15 is 0 Å². The average Bonchev–Trinajstić information content (AvgIpc) is 2.48. The molecule has 0 radical (unpaired) electrons. The van der Waals surface area contributed by atoms with Crippen molar-refractivity contribution in [2.45, 2.75) is 32.7 Å². The molecule has 2 aromatic carbocycles. The molecule has 0 amide bonds. The van der Waals surface area contributed by atoms with Gasteiger partial charge in [-0.15, -0.1) is 0 Å². The minimum Gasteiger partial charge on any atom is -0.478 e. The molecule has 0 aliphatic carbocycles.